The molecule has 6 nitrogen and oxygen atoms in total. The lowest BCUT2D eigenvalue weighted by Gasteiger charge is -2.21. The summed E-state index contributed by atoms with van der Waals surface area (Å²) >= 11 is 0. The van der Waals surface area contributed by atoms with Crippen LogP contribution >= 0.6 is 0 Å². The summed E-state index contributed by atoms with van der Waals surface area (Å²) in [6.07, 6.45) is 0. The van der Waals surface area contributed by atoms with Gasteiger partial charge in [0.2, 0.25) is 0 Å². The van der Waals surface area contributed by atoms with Crippen LogP contribution in [-0.2, 0) is 25.3 Å². The molecule has 2 aromatic carbocycles. The number of rotatable bonds is 5. The van der Waals surface area contributed by atoms with E-state index < -0.39 is 19.9 Å². The molecule has 2 N–H and O–H groups in total. The highest BCUT2D eigenvalue weighted by Gasteiger charge is 2.23. The van der Waals surface area contributed by atoms with Crippen LogP contribution in [0.5, 0.6) is 5.75 Å². The molecule has 8 heteroatoms. The monoisotopic (exact) mass is 411 g/mol. The van der Waals surface area contributed by atoms with E-state index in [9.17, 15) is 21.9 Å². The van der Waals surface area contributed by atoms with E-state index >= 15 is 0 Å². The van der Waals surface area contributed by atoms with Gasteiger partial charge in [-0.15, -0.1) is 0 Å². The number of hydrogen-bond acceptors (Lipinski definition) is 5. The normalized spacial score (nSPS) is 12.8. The molecule has 0 atom stereocenters. The Balaban J connectivity index is 2.53. The molecular weight excluding hydrogens is 386 g/mol. The highest BCUT2D eigenvalue weighted by atomic mass is 32.2. The molecule has 148 valence electrons. The van der Waals surface area contributed by atoms with Crippen LogP contribution in [0, 0.1) is 6.92 Å². The maximum absolute atomic E-state index is 12.9. The van der Waals surface area contributed by atoms with Crippen molar-refractivity contribution in [3.63, 3.8) is 0 Å². The van der Waals surface area contributed by atoms with Gasteiger partial charge in [0.15, 0.2) is 9.84 Å². The molecule has 2 aromatic rings. The van der Waals surface area contributed by atoms with Gasteiger partial charge in [0, 0.05) is 0 Å². The Morgan fingerprint density at radius 2 is 1.63 bits per heavy atom. The van der Waals surface area contributed by atoms with Gasteiger partial charge in [-0.1, -0.05) is 39.8 Å². The Morgan fingerprint density at radius 1 is 1.00 bits per heavy atom. The first kappa shape index (κ1) is 21.2. The Kier molecular flexibility index (Phi) is 5.64. The third-order valence-corrected chi connectivity index (χ3v) is 7.53. The zero-order chi connectivity index (χ0) is 20.6. The van der Waals surface area contributed by atoms with Gasteiger partial charge in [0.25, 0.3) is 10.0 Å². The van der Waals surface area contributed by atoms with Crippen LogP contribution < -0.4 is 4.72 Å². The van der Waals surface area contributed by atoms with Crippen LogP contribution in [0.25, 0.3) is 0 Å². The maximum atomic E-state index is 12.9. The average molecular weight is 412 g/mol. The quantitative estimate of drug-likeness (QED) is 0.732. The summed E-state index contributed by atoms with van der Waals surface area (Å²) in [6.45, 7) is 9.11. The van der Waals surface area contributed by atoms with Crippen LogP contribution in [0.3, 0.4) is 0 Å². The summed E-state index contributed by atoms with van der Waals surface area (Å²) < 4.78 is 52.2. The van der Waals surface area contributed by atoms with Crippen LogP contribution in [0.2, 0.25) is 0 Å². The first-order chi connectivity index (χ1) is 12.3. The van der Waals surface area contributed by atoms with Gasteiger partial charge >= 0.3 is 0 Å². The fourth-order valence-corrected chi connectivity index (χ4v) is 4.76. The third kappa shape index (κ3) is 4.62. The molecule has 0 aliphatic carbocycles. The van der Waals surface area contributed by atoms with Crippen molar-refractivity contribution in [3.8, 4) is 5.75 Å². The molecule has 0 aliphatic heterocycles. The average Bonchev–Trinajstić information content (AvgIpc) is 2.55. The molecular formula is C19H25NO5S2. The molecule has 0 amide bonds. The predicted molar refractivity (Wildman–Crippen MR) is 107 cm³/mol. The zero-order valence-corrected chi connectivity index (χ0v) is 17.7. The second-order valence-corrected chi connectivity index (χ2v) is 11.3. The lowest BCUT2D eigenvalue weighted by molar-refractivity contribution is 0.477. The van der Waals surface area contributed by atoms with Crippen LogP contribution in [0.4, 0.5) is 5.69 Å². The minimum absolute atomic E-state index is 0.0549. The summed E-state index contributed by atoms with van der Waals surface area (Å²) in [5.41, 5.74) is 0.979. The minimum atomic E-state index is -4.02. The van der Waals surface area contributed by atoms with E-state index in [2.05, 4.69) is 4.72 Å². The highest BCUT2D eigenvalue weighted by Crippen LogP contribution is 2.31. The third-order valence-electron chi connectivity index (χ3n) is 4.30. The van der Waals surface area contributed by atoms with Crippen molar-refractivity contribution in [2.24, 2.45) is 0 Å². The van der Waals surface area contributed by atoms with Gasteiger partial charge in [0.05, 0.1) is 21.2 Å². The Labute approximate surface area is 161 Å². The SMILES string of the molecule is CCS(=O)(=O)c1ccc(O)c(NS(=O)(=O)c2cc(C(C)(C)C)ccc2C)c1. The summed E-state index contributed by atoms with van der Waals surface area (Å²) in [5, 5.41) is 10.0. The fraction of sp³-hybridized carbons (Fsp3) is 0.368. The number of aryl methyl sites for hydroxylation is 1. The van der Waals surface area contributed by atoms with E-state index in [1.54, 1.807) is 19.1 Å². The first-order valence-corrected chi connectivity index (χ1v) is 11.6. The van der Waals surface area contributed by atoms with Crippen molar-refractivity contribution in [3.05, 3.63) is 47.5 Å². The number of benzene rings is 2. The zero-order valence-electron chi connectivity index (χ0n) is 16.1. The smallest absolute Gasteiger partial charge is 0.262 e. The van der Waals surface area contributed by atoms with E-state index in [0.717, 1.165) is 11.6 Å². The molecule has 27 heavy (non-hydrogen) atoms. The number of aromatic hydroxyl groups is 1. The van der Waals surface area contributed by atoms with Crippen molar-refractivity contribution < 1.29 is 21.9 Å². The minimum Gasteiger partial charge on any atom is -0.506 e. The van der Waals surface area contributed by atoms with E-state index in [1.807, 2.05) is 26.8 Å². The van der Waals surface area contributed by atoms with Crippen molar-refractivity contribution >= 4 is 25.5 Å². The van der Waals surface area contributed by atoms with Crippen LogP contribution in [0.1, 0.15) is 38.8 Å². The lowest BCUT2D eigenvalue weighted by atomic mass is 9.87. The van der Waals surface area contributed by atoms with Crippen molar-refractivity contribution in [2.75, 3.05) is 10.5 Å². The molecule has 0 heterocycles. The summed E-state index contributed by atoms with van der Waals surface area (Å²) in [5.74, 6) is -0.477. The lowest BCUT2D eigenvalue weighted by Crippen LogP contribution is -2.17. The van der Waals surface area contributed by atoms with E-state index in [4.69, 9.17) is 0 Å². The maximum Gasteiger partial charge on any atom is 0.262 e. The number of anilines is 1. The number of hydrogen-bond donors (Lipinski definition) is 2. The summed E-state index contributed by atoms with van der Waals surface area (Å²) in [4.78, 5) is 0.0266. The van der Waals surface area contributed by atoms with Gasteiger partial charge < -0.3 is 5.11 Å². The number of sulfonamides is 1. The summed E-state index contributed by atoms with van der Waals surface area (Å²) in [6, 6.07) is 8.75. The number of phenols is 1. The molecule has 0 fully saturated rings. The standard InChI is InChI=1S/C19H25NO5S2/c1-6-26(22,23)15-9-10-17(21)16(12-15)20-27(24,25)18-11-14(19(3,4)5)8-7-13(18)2/h7-12,20-21H,6H2,1-5H3. The van der Waals surface area contributed by atoms with Gasteiger partial charge in [-0.2, -0.15) is 0 Å². The Bertz CT molecular complexity index is 1070. The molecule has 0 saturated heterocycles. The Morgan fingerprint density at radius 3 is 2.19 bits per heavy atom. The van der Waals surface area contributed by atoms with Gasteiger partial charge in [-0.05, 0) is 47.7 Å². The summed E-state index contributed by atoms with van der Waals surface area (Å²) in [7, 11) is -7.56. The molecule has 2 rings (SSSR count). The van der Waals surface area contributed by atoms with E-state index in [-0.39, 0.29) is 32.4 Å². The topological polar surface area (TPSA) is 101 Å². The number of phenolic OH excluding ortho intramolecular Hbond substituents is 1. The molecule has 0 saturated carbocycles. The second kappa shape index (κ2) is 7.16. The molecule has 0 unspecified atom stereocenters. The van der Waals surface area contributed by atoms with Crippen LogP contribution in [-0.4, -0.2) is 27.7 Å². The molecule has 0 aliphatic rings. The molecule has 0 aromatic heterocycles. The molecule has 0 spiro atoms. The van der Waals surface area contributed by atoms with E-state index in [0.29, 0.717) is 5.56 Å². The van der Waals surface area contributed by atoms with Crippen LogP contribution in [0.15, 0.2) is 46.2 Å². The number of nitrogens with one attached hydrogen (secondary N) is 1. The largest absolute Gasteiger partial charge is 0.506 e. The van der Waals surface area contributed by atoms with Crippen molar-refractivity contribution in [1.82, 2.24) is 0 Å². The predicted octanol–water partition coefficient (Wildman–Crippen LogP) is 3.59. The van der Waals surface area contributed by atoms with Crippen molar-refractivity contribution in [2.45, 2.75) is 49.8 Å². The van der Waals surface area contributed by atoms with Crippen molar-refractivity contribution in [1.29, 1.82) is 0 Å². The Hall–Kier alpha value is -2.06. The van der Waals surface area contributed by atoms with Gasteiger partial charge in [-0.25, -0.2) is 16.8 Å². The fourth-order valence-electron chi connectivity index (χ4n) is 2.51. The molecule has 0 bridgehead atoms. The first-order valence-electron chi connectivity index (χ1n) is 8.47. The highest BCUT2D eigenvalue weighted by molar-refractivity contribution is 7.93. The van der Waals surface area contributed by atoms with Gasteiger partial charge in [-0.3, -0.25) is 4.72 Å². The molecule has 0 radical (unpaired) electrons. The van der Waals surface area contributed by atoms with Gasteiger partial charge in [0.1, 0.15) is 5.75 Å². The van der Waals surface area contributed by atoms with E-state index in [1.165, 1.54) is 19.1 Å². The number of sulfone groups is 1. The second-order valence-electron chi connectivity index (χ2n) is 7.42.